The second-order valence-corrected chi connectivity index (χ2v) is 9.80. The minimum Gasteiger partial charge on any atom is -0.488 e. The van der Waals surface area contributed by atoms with Gasteiger partial charge in [-0.1, -0.05) is 30.2 Å². The number of amides is 1. The highest BCUT2D eigenvalue weighted by Gasteiger charge is 2.52. The molecule has 1 amide bonds. The van der Waals surface area contributed by atoms with Gasteiger partial charge in [-0.25, -0.2) is 0 Å². The molecule has 158 valence electrons. The average Bonchev–Trinajstić information content (AvgIpc) is 3.01. The van der Waals surface area contributed by atoms with E-state index in [1.807, 2.05) is 30.3 Å². The van der Waals surface area contributed by atoms with Crippen molar-refractivity contribution in [2.24, 2.45) is 0 Å². The third kappa shape index (κ3) is 3.55. The molecule has 0 radical (unpaired) electrons. The van der Waals surface area contributed by atoms with Crippen molar-refractivity contribution in [3.63, 3.8) is 0 Å². The number of hydrogen-bond acceptors (Lipinski definition) is 5. The predicted molar refractivity (Wildman–Crippen MR) is 123 cm³/mol. The summed E-state index contributed by atoms with van der Waals surface area (Å²) in [6.45, 7) is 2.06. The Balaban J connectivity index is 1.44. The Morgan fingerprint density at radius 3 is 2.70 bits per heavy atom. The molecule has 5 rings (SSSR count). The second kappa shape index (κ2) is 7.98. The summed E-state index contributed by atoms with van der Waals surface area (Å²) in [5.41, 5.74) is 2.50. The monoisotopic (exact) mass is 443 g/mol. The van der Waals surface area contributed by atoms with E-state index in [1.165, 1.54) is 11.9 Å². The standard InChI is InChI=1S/C23H26ClN3O2S/c1-27-11-7-16(8-12-27)29-19-14-15(26-30-20-6-3-2-5-18(20)24)13-17-21(19)25-22(28)23(17)9-4-10-23/h2-3,5-6,13-14,16,26H,4,7-12H2,1H3,(H,25,28). The van der Waals surface area contributed by atoms with Gasteiger partial charge in [-0.05, 0) is 68.4 Å². The molecule has 1 spiro atoms. The van der Waals surface area contributed by atoms with Gasteiger partial charge in [0.1, 0.15) is 11.9 Å². The van der Waals surface area contributed by atoms with Crippen LogP contribution in [0.25, 0.3) is 0 Å². The Morgan fingerprint density at radius 1 is 1.23 bits per heavy atom. The van der Waals surface area contributed by atoms with Gasteiger partial charge in [0, 0.05) is 29.7 Å². The Kier molecular flexibility index (Phi) is 5.33. The van der Waals surface area contributed by atoms with Crippen LogP contribution in [0.2, 0.25) is 5.02 Å². The largest absolute Gasteiger partial charge is 0.488 e. The molecule has 2 aromatic carbocycles. The van der Waals surface area contributed by atoms with E-state index in [-0.39, 0.29) is 17.4 Å². The fraction of sp³-hybridized carbons (Fsp3) is 0.435. The molecule has 2 fully saturated rings. The molecule has 5 nitrogen and oxygen atoms in total. The first-order valence-corrected chi connectivity index (χ1v) is 11.8. The SMILES string of the molecule is CN1CCC(Oc2cc(NSc3ccccc3Cl)cc3c2NC(=O)C32CCC2)CC1. The number of likely N-dealkylation sites (tertiary alicyclic amines) is 1. The van der Waals surface area contributed by atoms with E-state index in [9.17, 15) is 4.79 Å². The summed E-state index contributed by atoms with van der Waals surface area (Å²) in [6, 6.07) is 11.9. The van der Waals surface area contributed by atoms with Crippen LogP contribution in [0.4, 0.5) is 11.4 Å². The molecule has 1 saturated carbocycles. The van der Waals surface area contributed by atoms with E-state index >= 15 is 0 Å². The highest BCUT2D eigenvalue weighted by Crippen LogP contribution is 2.54. The zero-order valence-electron chi connectivity index (χ0n) is 17.0. The molecule has 2 aromatic rings. The zero-order valence-corrected chi connectivity index (χ0v) is 18.6. The van der Waals surface area contributed by atoms with Crippen LogP contribution in [-0.4, -0.2) is 37.0 Å². The van der Waals surface area contributed by atoms with Gasteiger partial charge >= 0.3 is 0 Å². The molecule has 1 aliphatic carbocycles. The maximum absolute atomic E-state index is 12.8. The molecule has 1 saturated heterocycles. The Bertz CT molecular complexity index is 971. The van der Waals surface area contributed by atoms with Crippen LogP contribution < -0.4 is 14.8 Å². The minimum atomic E-state index is -0.382. The first-order valence-electron chi connectivity index (χ1n) is 10.6. The molecule has 2 aliphatic heterocycles. The normalized spacial score (nSPS) is 20.5. The number of nitrogens with zero attached hydrogens (tertiary/aromatic N) is 1. The molecule has 3 aliphatic rings. The van der Waals surface area contributed by atoms with Crippen LogP contribution in [0.5, 0.6) is 5.75 Å². The van der Waals surface area contributed by atoms with Gasteiger partial charge in [0.25, 0.3) is 0 Å². The quantitative estimate of drug-likeness (QED) is 0.613. The summed E-state index contributed by atoms with van der Waals surface area (Å²) >= 11 is 7.79. The van der Waals surface area contributed by atoms with Crippen molar-refractivity contribution in [1.82, 2.24) is 4.90 Å². The fourth-order valence-electron chi connectivity index (χ4n) is 4.58. The number of rotatable bonds is 5. The highest BCUT2D eigenvalue weighted by atomic mass is 35.5. The van der Waals surface area contributed by atoms with Crippen molar-refractivity contribution >= 4 is 40.8 Å². The molecule has 2 N–H and O–H groups in total. The first kappa shape index (κ1) is 20.0. The van der Waals surface area contributed by atoms with Crippen molar-refractivity contribution in [3.8, 4) is 5.75 Å². The van der Waals surface area contributed by atoms with Crippen LogP contribution in [0, 0.1) is 0 Å². The number of fused-ring (bicyclic) bond motifs is 2. The number of hydrogen-bond donors (Lipinski definition) is 2. The zero-order chi connectivity index (χ0) is 20.7. The Hall–Kier alpha value is -1.89. The number of piperidine rings is 1. The van der Waals surface area contributed by atoms with Gasteiger partial charge in [0.2, 0.25) is 5.91 Å². The highest BCUT2D eigenvalue weighted by molar-refractivity contribution is 8.00. The number of ether oxygens (including phenoxy) is 1. The van der Waals surface area contributed by atoms with E-state index in [4.69, 9.17) is 16.3 Å². The number of anilines is 2. The summed E-state index contributed by atoms with van der Waals surface area (Å²) in [7, 11) is 2.14. The van der Waals surface area contributed by atoms with E-state index in [0.29, 0.717) is 5.02 Å². The van der Waals surface area contributed by atoms with Gasteiger partial charge in [-0.3, -0.25) is 4.79 Å². The van der Waals surface area contributed by atoms with Crippen LogP contribution in [0.3, 0.4) is 0 Å². The summed E-state index contributed by atoms with van der Waals surface area (Å²) in [5.74, 6) is 0.898. The summed E-state index contributed by atoms with van der Waals surface area (Å²) in [5, 5.41) is 3.85. The number of carbonyl (C=O) groups is 1. The fourth-order valence-corrected chi connectivity index (χ4v) is 5.49. The van der Waals surface area contributed by atoms with Gasteiger partial charge in [-0.15, -0.1) is 0 Å². The minimum absolute atomic E-state index is 0.118. The predicted octanol–water partition coefficient (Wildman–Crippen LogP) is 5.31. The topological polar surface area (TPSA) is 53.6 Å². The van der Waals surface area contributed by atoms with Gasteiger partial charge < -0.3 is 19.7 Å². The molecule has 2 heterocycles. The van der Waals surface area contributed by atoms with Crippen LogP contribution in [-0.2, 0) is 10.2 Å². The lowest BCUT2D eigenvalue weighted by molar-refractivity contribution is -0.123. The lowest BCUT2D eigenvalue weighted by Crippen LogP contribution is -2.40. The first-order chi connectivity index (χ1) is 14.5. The van der Waals surface area contributed by atoms with Gasteiger partial charge in [0.15, 0.2) is 0 Å². The second-order valence-electron chi connectivity index (χ2n) is 8.54. The number of benzene rings is 2. The molecular weight excluding hydrogens is 418 g/mol. The van der Waals surface area contributed by atoms with Crippen molar-refractivity contribution in [2.75, 3.05) is 30.2 Å². The summed E-state index contributed by atoms with van der Waals surface area (Å²) in [6.07, 6.45) is 5.06. The number of nitrogens with one attached hydrogen (secondary N) is 2. The molecule has 0 aromatic heterocycles. The Morgan fingerprint density at radius 2 is 2.00 bits per heavy atom. The average molecular weight is 444 g/mol. The van der Waals surface area contributed by atoms with E-state index in [0.717, 1.165) is 72.8 Å². The van der Waals surface area contributed by atoms with Crippen LogP contribution in [0.15, 0.2) is 41.3 Å². The number of carbonyl (C=O) groups excluding carboxylic acids is 1. The third-order valence-corrected chi connectivity index (χ3v) is 7.93. The molecule has 0 bridgehead atoms. The summed E-state index contributed by atoms with van der Waals surface area (Å²) < 4.78 is 9.88. The van der Waals surface area contributed by atoms with Gasteiger partial charge in [0.05, 0.1) is 16.1 Å². The number of halogens is 1. The van der Waals surface area contributed by atoms with Crippen LogP contribution >= 0.6 is 23.5 Å². The van der Waals surface area contributed by atoms with E-state index in [1.54, 1.807) is 0 Å². The maximum Gasteiger partial charge on any atom is 0.235 e. The Labute approximate surface area is 186 Å². The van der Waals surface area contributed by atoms with Crippen molar-refractivity contribution in [3.05, 3.63) is 47.0 Å². The lowest BCUT2D eigenvalue weighted by Gasteiger charge is -2.36. The molecule has 0 atom stereocenters. The van der Waals surface area contributed by atoms with Crippen LogP contribution in [0.1, 0.15) is 37.7 Å². The molecule has 30 heavy (non-hydrogen) atoms. The van der Waals surface area contributed by atoms with E-state index in [2.05, 4.69) is 28.1 Å². The third-order valence-electron chi connectivity index (χ3n) is 6.57. The molecule has 7 heteroatoms. The maximum atomic E-state index is 12.8. The van der Waals surface area contributed by atoms with Crippen molar-refractivity contribution < 1.29 is 9.53 Å². The van der Waals surface area contributed by atoms with E-state index < -0.39 is 0 Å². The molecular formula is C23H26ClN3O2S. The molecule has 0 unspecified atom stereocenters. The van der Waals surface area contributed by atoms with Crippen molar-refractivity contribution in [1.29, 1.82) is 0 Å². The van der Waals surface area contributed by atoms with Gasteiger partial charge in [-0.2, -0.15) is 0 Å². The smallest absolute Gasteiger partial charge is 0.235 e. The van der Waals surface area contributed by atoms with Crippen molar-refractivity contribution in [2.45, 2.75) is 48.5 Å². The lowest BCUT2D eigenvalue weighted by atomic mass is 9.65. The summed E-state index contributed by atoms with van der Waals surface area (Å²) in [4.78, 5) is 16.1.